The summed E-state index contributed by atoms with van der Waals surface area (Å²) in [6.07, 6.45) is 8.34. The smallest absolute Gasteiger partial charge is 0.317 e. The SMILES string of the molecule is CCCOCn1nc(-c2ccc(-c3ccc(C4=CCC(CC(=O)OC)CC4)nc3)cc2)nc1OCC. The molecule has 0 saturated carbocycles. The summed E-state index contributed by atoms with van der Waals surface area (Å²) in [6, 6.07) is 12.8. The number of methoxy groups -OCH3 is 1. The molecule has 8 nitrogen and oxygen atoms in total. The van der Waals surface area contributed by atoms with Gasteiger partial charge in [-0.1, -0.05) is 43.3 Å². The van der Waals surface area contributed by atoms with E-state index < -0.39 is 0 Å². The third-order valence-corrected chi connectivity index (χ3v) is 6.24. The lowest BCUT2D eigenvalue weighted by Crippen LogP contribution is -2.12. The number of benzene rings is 1. The standard InChI is InChI=1S/C28H34N4O4/c1-4-16-35-19-32-28(36-5-2)30-27(31-32)23-12-10-21(11-13-23)24-14-15-25(29-18-24)22-8-6-20(7-9-22)17-26(33)34-3/h8,10-15,18,20H,4-7,9,16-17,19H2,1-3H3. The average molecular weight is 491 g/mol. The molecule has 4 rings (SSSR count). The minimum atomic E-state index is -0.134. The van der Waals surface area contributed by atoms with Crippen LogP contribution in [0.4, 0.5) is 0 Å². The molecule has 190 valence electrons. The molecule has 8 heteroatoms. The van der Waals surface area contributed by atoms with Gasteiger partial charge in [-0.25, -0.2) is 0 Å². The number of ether oxygens (including phenoxy) is 3. The first-order valence-electron chi connectivity index (χ1n) is 12.6. The van der Waals surface area contributed by atoms with E-state index in [1.165, 1.54) is 12.7 Å². The van der Waals surface area contributed by atoms with E-state index in [9.17, 15) is 4.79 Å². The molecule has 0 spiro atoms. The number of esters is 1. The van der Waals surface area contributed by atoms with Crippen molar-refractivity contribution in [1.29, 1.82) is 0 Å². The normalized spacial score (nSPS) is 15.4. The van der Waals surface area contributed by atoms with Gasteiger partial charge in [-0.05, 0) is 55.7 Å². The highest BCUT2D eigenvalue weighted by Crippen LogP contribution is 2.32. The molecular formula is C28H34N4O4. The van der Waals surface area contributed by atoms with Gasteiger partial charge in [0.15, 0.2) is 5.82 Å². The van der Waals surface area contributed by atoms with Gasteiger partial charge in [-0.3, -0.25) is 9.78 Å². The van der Waals surface area contributed by atoms with Crippen LogP contribution in [0.25, 0.3) is 28.1 Å². The van der Waals surface area contributed by atoms with Gasteiger partial charge in [0.2, 0.25) is 0 Å². The van der Waals surface area contributed by atoms with Crippen molar-refractivity contribution in [3.63, 3.8) is 0 Å². The Bertz CT molecular complexity index is 1170. The predicted molar refractivity (Wildman–Crippen MR) is 138 cm³/mol. The van der Waals surface area contributed by atoms with Crippen molar-refractivity contribution in [2.45, 2.75) is 52.7 Å². The van der Waals surface area contributed by atoms with Crippen LogP contribution < -0.4 is 4.74 Å². The van der Waals surface area contributed by atoms with Crippen LogP contribution in [-0.4, -0.2) is 46.0 Å². The van der Waals surface area contributed by atoms with Crippen molar-refractivity contribution in [3.05, 3.63) is 54.4 Å². The van der Waals surface area contributed by atoms with Crippen molar-refractivity contribution >= 4 is 11.5 Å². The van der Waals surface area contributed by atoms with Crippen molar-refractivity contribution in [1.82, 2.24) is 19.7 Å². The van der Waals surface area contributed by atoms with Gasteiger partial charge in [-0.15, -0.1) is 5.10 Å². The number of rotatable bonds is 11. The molecular weight excluding hydrogens is 456 g/mol. The summed E-state index contributed by atoms with van der Waals surface area (Å²) in [5, 5.41) is 4.57. The van der Waals surface area contributed by atoms with E-state index in [1.807, 2.05) is 25.3 Å². The summed E-state index contributed by atoms with van der Waals surface area (Å²) in [5.41, 5.74) is 5.27. The molecule has 1 aliphatic carbocycles. The van der Waals surface area contributed by atoms with Crippen LogP contribution in [0, 0.1) is 5.92 Å². The molecule has 1 aromatic carbocycles. The summed E-state index contributed by atoms with van der Waals surface area (Å²) in [5.74, 6) is 0.826. The molecule has 1 atom stereocenters. The fourth-order valence-electron chi connectivity index (χ4n) is 4.26. The highest BCUT2D eigenvalue weighted by Gasteiger charge is 2.19. The zero-order valence-corrected chi connectivity index (χ0v) is 21.3. The van der Waals surface area contributed by atoms with Crippen LogP contribution in [0.1, 0.15) is 51.6 Å². The summed E-state index contributed by atoms with van der Waals surface area (Å²) in [4.78, 5) is 20.8. The third kappa shape index (κ3) is 6.37. The molecule has 2 aromatic heterocycles. The Kier molecular flexibility index (Phi) is 8.84. The van der Waals surface area contributed by atoms with Crippen molar-refractivity contribution in [3.8, 4) is 28.5 Å². The van der Waals surface area contributed by atoms with Crippen molar-refractivity contribution < 1.29 is 19.0 Å². The van der Waals surface area contributed by atoms with Gasteiger partial charge in [0.1, 0.15) is 6.73 Å². The number of pyridine rings is 1. The molecule has 3 aromatic rings. The molecule has 0 aliphatic heterocycles. The largest absolute Gasteiger partial charge is 0.469 e. The lowest BCUT2D eigenvalue weighted by Gasteiger charge is -2.20. The van der Waals surface area contributed by atoms with E-state index in [-0.39, 0.29) is 5.97 Å². The Hall–Kier alpha value is -3.52. The van der Waals surface area contributed by atoms with Gasteiger partial charge in [0, 0.05) is 30.4 Å². The quantitative estimate of drug-likeness (QED) is 0.258. The molecule has 0 amide bonds. The summed E-state index contributed by atoms with van der Waals surface area (Å²) < 4.78 is 17.7. The molecule has 0 bridgehead atoms. The van der Waals surface area contributed by atoms with Crippen LogP contribution in [0.15, 0.2) is 48.7 Å². The third-order valence-electron chi connectivity index (χ3n) is 6.24. The number of carbonyl (C=O) groups is 1. The maximum atomic E-state index is 11.5. The zero-order valence-electron chi connectivity index (χ0n) is 21.3. The first kappa shape index (κ1) is 25.6. The van der Waals surface area contributed by atoms with Gasteiger partial charge in [-0.2, -0.15) is 9.67 Å². The lowest BCUT2D eigenvalue weighted by molar-refractivity contribution is -0.141. The minimum Gasteiger partial charge on any atom is -0.469 e. The van der Waals surface area contributed by atoms with E-state index >= 15 is 0 Å². The molecule has 1 aliphatic rings. The van der Waals surface area contributed by atoms with E-state index in [0.717, 1.165) is 48.1 Å². The highest BCUT2D eigenvalue weighted by atomic mass is 16.5. The van der Waals surface area contributed by atoms with Crippen LogP contribution in [0.3, 0.4) is 0 Å². The minimum absolute atomic E-state index is 0.134. The lowest BCUT2D eigenvalue weighted by atomic mass is 9.86. The van der Waals surface area contributed by atoms with E-state index in [1.54, 1.807) is 4.68 Å². The van der Waals surface area contributed by atoms with Crippen LogP contribution in [0.5, 0.6) is 6.01 Å². The highest BCUT2D eigenvalue weighted by molar-refractivity contribution is 5.71. The van der Waals surface area contributed by atoms with Crippen molar-refractivity contribution in [2.24, 2.45) is 5.92 Å². The molecule has 36 heavy (non-hydrogen) atoms. The maximum absolute atomic E-state index is 11.5. The Morgan fingerprint density at radius 3 is 2.50 bits per heavy atom. The predicted octanol–water partition coefficient (Wildman–Crippen LogP) is 5.54. The molecule has 0 radical (unpaired) electrons. The molecule has 0 fully saturated rings. The topological polar surface area (TPSA) is 88.4 Å². The van der Waals surface area contributed by atoms with Gasteiger partial charge in [0.25, 0.3) is 0 Å². The number of carbonyl (C=O) groups excluding carboxylic acids is 1. The van der Waals surface area contributed by atoms with E-state index in [4.69, 9.17) is 19.2 Å². The second-order valence-corrected chi connectivity index (χ2v) is 8.85. The maximum Gasteiger partial charge on any atom is 0.317 e. The number of aromatic nitrogens is 4. The van der Waals surface area contributed by atoms with Crippen LogP contribution in [-0.2, 0) is 21.0 Å². The van der Waals surface area contributed by atoms with E-state index in [0.29, 0.717) is 44.1 Å². The van der Waals surface area contributed by atoms with E-state index in [2.05, 4.69) is 47.3 Å². The second kappa shape index (κ2) is 12.4. The number of hydrogen-bond acceptors (Lipinski definition) is 7. The van der Waals surface area contributed by atoms with Gasteiger partial charge in [0.05, 0.1) is 19.4 Å². The fourth-order valence-corrected chi connectivity index (χ4v) is 4.26. The van der Waals surface area contributed by atoms with Crippen LogP contribution >= 0.6 is 0 Å². The number of nitrogens with zero attached hydrogens (tertiary/aromatic N) is 4. The summed E-state index contributed by atoms with van der Waals surface area (Å²) in [6.45, 7) is 5.48. The molecule has 0 N–H and O–H groups in total. The number of allylic oxidation sites excluding steroid dienone is 2. The Morgan fingerprint density at radius 2 is 1.86 bits per heavy atom. The monoisotopic (exact) mass is 490 g/mol. The van der Waals surface area contributed by atoms with Crippen molar-refractivity contribution in [2.75, 3.05) is 20.3 Å². The Morgan fingerprint density at radius 1 is 1.08 bits per heavy atom. The first-order valence-corrected chi connectivity index (χ1v) is 12.6. The average Bonchev–Trinajstić information content (AvgIpc) is 3.32. The second-order valence-electron chi connectivity index (χ2n) is 8.85. The molecule has 0 saturated heterocycles. The summed E-state index contributed by atoms with van der Waals surface area (Å²) >= 11 is 0. The molecule has 2 heterocycles. The molecule has 1 unspecified atom stereocenters. The fraction of sp³-hybridized carbons (Fsp3) is 0.429. The number of hydrogen-bond donors (Lipinski definition) is 0. The summed E-state index contributed by atoms with van der Waals surface area (Å²) in [7, 11) is 1.44. The Balaban J connectivity index is 1.42. The van der Waals surface area contributed by atoms with Crippen LogP contribution in [0.2, 0.25) is 0 Å². The van der Waals surface area contributed by atoms with Gasteiger partial charge < -0.3 is 14.2 Å². The first-order chi connectivity index (χ1) is 17.6. The zero-order chi connectivity index (χ0) is 25.3. The Labute approximate surface area is 212 Å². The van der Waals surface area contributed by atoms with Gasteiger partial charge >= 0.3 is 12.0 Å².